The Morgan fingerprint density at radius 3 is 2.33 bits per heavy atom. The van der Waals surface area contributed by atoms with E-state index in [-0.39, 0.29) is 6.04 Å². The molecule has 2 N–H and O–H groups in total. The van der Waals surface area contributed by atoms with Crippen LogP contribution in [0.5, 0.6) is 0 Å². The van der Waals surface area contributed by atoms with Crippen molar-refractivity contribution in [1.82, 2.24) is 0 Å². The third-order valence-corrected chi connectivity index (χ3v) is 3.30. The van der Waals surface area contributed by atoms with Crippen LogP contribution in [0.25, 0.3) is 0 Å². The normalized spacial score (nSPS) is 12.5. The maximum Gasteiger partial charge on any atom is 0.0459 e. The van der Waals surface area contributed by atoms with E-state index in [0.29, 0.717) is 0 Å². The number of hydrogen-bond donors (Lipinski definition) is 1. The van der Waals surface area contributed by atoms with Crippen molar-refractivity contribution in [3.63, 3.8) is 0 Å². The number of halogens is 1. The molecule has 0 heterocycles. The minimum atomic E-state index is 0.133. The van der Waals surface area contributed by atoms with Crippen LogP contribution >= 0.6 is 11.6 Å². The zero-order valence-electron chi connectivity index (χ0n) is 11.7. The average molecular weight is 269 g/mol. The number of anilines is 1. The summed E-state index contributed by atoms with van der Waals surface area (Å²) in [6, 6.07) is 6.28. The molecule has 102 valence electrons. The minimum absolute atomic E-state index is 0.133. The lowest BCUT2D eigenvalue weighted by Gasteiger charge is -2.27. The maximum absolute atomic E-state index is 6.34. The zero-order valence-corrected chi connectivity index (χ0v) is 12.5. The average Bonchev–Trinajstić information content (AvgIpc) is 2.31. The molecule has 1 unspecified atom stereocenters. The molecule has 1 aromatic rings. The Hall–Kier alpha value is -0.730. The first-order valence-electron chi connectivity index (χ1n) is 6.88. The quantitative estimate of drug-likeness (QED) is 0.814. The van der Waals surface area contributed by atoms with Gasteiger partial charge < -0.3 is 10.6 Å². The van der Waals surface area contributed by atoms with Gasteiger partial charge in [-0.25, -0.2) is 0 Å². The first-order valence-corrected chi connectivity index (χ1v) is 7.25. The molecule has 0 aromatic heterocycles. The van der Waals surface area contributed by atoms with Crippen LogP contribution < -0.4 is 10.6 Å². The number of nitrogens with zero attached hydrogens (tertiary/aromatic N) is 1. The number of rotatable bonds is 7. The Morgan fingerprint density at radius 2 is 1.83 bits per heavy atom. The van der Waals surface area contributed by atoms with Gasteiger partial charge in [0.25, 0.3) is 0 Å². The van der Waals surface area contributed by atoms with Gasteiger partial charge in [-0.3, -0.25) is 0 Å². The number of benzene rings is 1. The maximum atomic E-state index is 6.34. The second kappa shape index (κ2) is 7.65. The van der Waals surface area contributed by atoms with E-state index in [2.05, 4.69) is 24.8 Å². The van der Waals surface area contributed by atoms with Gasteiger partial charge >= 0.3 is 0 Å². The molecule has 0 amide bonds. The molecular formula is C15H25ClN2. The third kappa shape index (κ3) is 4.18. The fraction of sp³-hybridized carbons (Fsp3) is 0.600. The van der Waals surface area contributed by atoms with E-state index in [9.17, 15) is 0 Å². The van der Waals surface area contributed by atoms with E-state index in [0.717, 1.165) is 37.4 Å². The molecule has 2 nitrogen and oxygen atoms in total. The predicted octanol–water partition coefficient (Wildman–Crippen LogP) is 3.86. The van der Waals surface area contributed by atoms with Crippen molar-refractivity contribution in [3.8, 4) is 0 Å². The van der Waals surface area contributed by atoms with Crippen molar-refractivity contribution in [3.05, 3.63) is 28.8 Å². The molecule has 0 radical (unpaired) electrons. The standard InChI is InChI=1S/C15H25ClN2/c1-4-9-18(10-5-2)15-8-6-7-14(16)13(15)11-12(3)17/h6-8,12H,4-5,9-11,17H2,1-3H3. The molecule has 0 saturated heterocycles. The molecule has 1 aromatic carbocycles. The van der Waals surface area contributed by atoms with E-state index in [1.54, 1.807) is 0 Å². The molecule has 0 spiro atoms. The van der Waals surface area contributed by atoms with E-state index in [1.165, 1.54) is 11.3 Å². The van der Waals surface area contributed by atoms with Crippen molar-refractivity contribution in [1.29, 1.82) is 0 Å². The van der Waals surface area contributed by atoms with Crippen LogP contribution in [-0.4, -0.2) is 19.1 Å². The van der Waals surface area contributed by atoms with Gasteiger partial charge in [0, 0.05) is 29.8 Å². The molecule has 0 aliphatic carbocycles. The lowest BCUT2D eigenvalue weighted by Crippen LogP contribution is -2.27. The Labute approximate surface area is 116 Å². The first-order chi connectivity index (χ1) is 8.60. The van der Waals surface area contributed by atoms with E-state index in [1.807, 2.05) is 19.1 Å². The van der Waals surface area contributed by atoms with Gasteiger partial charge in [-0.15, -0.1) is 0 Å². The highest BCUT2D eigenvalue weighted by Crippen LogP contribution is 2.29. The Balaban J connectivity index is 3.07. The Kier molecular flexibility index (Phi) is 6.51. The number of hydrogen-bond acceptors (Lipinski definition) is 2. The second-order valence-electron chi connectivity index (χ2n) is 4.91. The molecular weight excluding hydrogens is 244 g/mol. The van der Waals surface area contributed by atoms with Crippen molar-refractivity contribution in [2.75, 3.05) is 18.0 Å². The summed E-state index contributed by atoms with van der Waals surface area (Å²) in [5, 5.41) is 0.835. The second-order valence-corrected chi connectivity index (χ2v) is 5.31. The van der Waals surface area contributed by atoms with Crippen molar-refractivity contribution in [2.45, 2.75) is 46.1 Å². The lowest BCUT2D eigenvalue weighted by molar-refractivity contribution is 0.714. The van der Waals surface area contributed by atoms with E-state index in [4.69, 9.17) is 17.3 Å². The summed E-state index contributed by atoms with van der Waals surface area (Å²) in [6.45, 7) is 8.58. The molecule has 1 rings (SSSR count). The van der Waals surface area contributed by atoms with Gasteiger partial charge in [-0.05, 0) is 43.9 Å². The third-order valence-electron chi connectivity index (χ3n) is 2.95. The fourth-order valence-corrected chi connectivity index (χ4v) is 2.51. The molecule has 1 atom stereocenters. The molecule has 3 heteroatoms. The summed E-state index contributed by atoms with van der Waals surface area (Å²) >= 11 is 6.34. The van der Waals surface area contributed by atoms with Crippen LogP contribution in [0, 0.1) is 0 Å². The molecule has 0 aliphatic heterocycles. The van der Waals surface area contributed by atoms with Crippen LogP contribution in [-0.2, 0) is 6.42 Å². The molecule has 0 fully saturated rings. The summed E-state index contributed by atoms with van der Waals surface area (Å²) < 4.78 is 0. The van der Waals surface area contributed by atoms with Gasteiger partial charge in [-0.2, -0.15) is 0 Å². The number of nitrogens with two attached hydrogens (primary N) is 1. The van der Waals surface area contributed by atoms with Crippen LogP contribution in [0.2, 0.25) is 5.02 Å². The first kappa shape index (κ1) is 15.3. The highest BCUT2D eigenvalue weighted by Gasteiger charge is 2.13. The van der Waals surface area contributed by atoms with E-state index < -0.39 is 0 Å². The summed E-state index contributed by atoms with van der Waals surface area (Å²) in [5.74, 6) is 0. The molecule has 0 bridgehead atoms. The van der Waals surface area contributed by atoms with Crippen LogP contribution in [0.3, 0.4) is 0 Å². The molecule has 18 heavy (non-hydrogen) atoms. The van der Waals surface area contributed by atoms with Gasteiger partial charge in [-0.1, -0.05) is 31.5 Å². The smallest absolute Gasteiger partial charge is 0.0459 e. The van der Waals surface area contributed by atoms with Gasteiger partial charge in [0.2, 0.25) is 0 Å². The summed E-state index contributed by atoms with van der Waals surface area (Å²) in [5.41, 5.74) is 8.38. The van der Waals surface area contributed by atoms with Gasteiger partial charge in [0.05, 0.1) is 0 Å². The lowest BCUT2D eigenvalue weighted by atomic mass is 10.0. The van der Waals surface area contributed by atoms with Crippen molar-refractivity contribution >= 4 is 17.3 Å². The monoisotopic (exact) mass is 268 g/mol. The van der Waals surface area contributed by atoms with Crippen LogP contribution in [0.1, 0.15) is 39.2 Å². The Bertz CT molecular complexity index is 358. The zero-order chi connectivity index (χ0) is 13.5. The topological polar surface area (TPSA) is 29.3 Å². The Morgan fingerprint density at radius 1 is 1.22 bits per heavy atom. The van der Waals surface area contributed by atoms with Crippen molar-refractivity contribution < 1.29 is 0 Å². The van der Waals surface area contributed by atoms with Gasteiger partial charge in [0.15, 0.2) is 0 Å². The highest BCUT2D eigenvalue weighted by atomic mass is 35.5. The van der Waals surface area contributed by atoms with Crippen LogP contribution in [0.4, 0.5) is 5.69 Å². The van der Waals surface area contributed by atoms with Crippen molar-refractivity contribution in [2.24, 2.45) is 5.73 Å². The van der Waals surface area contributed by atoms with Crippen LogP contribution in [0.15, 0.2) is 18.2 Å². The molecule has 0 saturated carbocycles. The largest absolute Gasteiger partial charge is 0.371 e. The SMILES string of the molecule is CCCN(CCC)c1cccc(Cl)c1CC(C)N. The summed E-state index contributed by atoms with van der Waals surface area (Å²) in [7, 11) is 0. The fourth-order valence-electron chi connectivity index (χ4n) is 2.26. The predicted molar refractivity (Wildman–Crippen MR) is 81.6 cm³/mol. The summed E-state index contributed by atoms with van der Waals surface area (Å²) in [4.78, 5) is 2.42. The van der Waals surface area contributed by atoms with E-state index >= 15 is 0 Å². The highest BCUT2D eigenvalue weighted by molar-refractivity contribution is 6.31. The minimum Gasteiger partial charge on any atom is -0.371 e. The van der Waals surface area contributed by atoms with Gasteiger partial charge in [0.1, 0.15) is 0 Å². The molecule has 0 aliphatic rings. The summed E-state index contributed by atoms with van der Waals surface area (Å²) in [6.07, 6.45) is 3.12.